The summed E-state index contributed by atoms with van der Waals surface area (Å²) in [6.45, 7) is 0.801. The maximum atomic E-state index is 12.3. The molecule has 1 N–H and O–H groups in total. The molecule has 3 nitrogen and oxygen atoms in total. The molecule has 0 saturated heterocycles. The highest BCUT2D eigenvalue weighted by atomic mass is 19.3. The van der Waals surface area contributed by atoms with Crippen molar-refractivity contribution < 1.29 is 18.3 Å². The molecule has 0 aliphatic heterocycles. The van der Waals surface area contributed by atoms with Gasteiger partial charge in [-0.2, -0.15) is 8.78 Å². The highest BCUT2D eigenvalue weighted by Gasteiger charge is 2.14. The zero-order chi connectivity index (χ0) is 15.4. The van der Waals surface area contributed by atoms with E-state index in [9.17, 15) is 13.6 Å². The molecule has 5 heteroatoms. The standard InChI is InChI=1S/C16H15F2NO2/c1-10-6-5-7-12(11(10)2)15(20)19-13-8-3-4-9-14(13)21-16(17)18/h3-9,16H,1-2H3,(H,19,20). The van der Waals surface area contributed by atoms with Crippen LogP contribution in [0.2, 0.25) is 0 Å². The second-order valence-electron chi connectivity index (χ2n) is 4.58. The summed E-state index contributed by atoms with van der Waals surface area (Å²) < 4.78 is 29.1. The molecule has 0 atom stereocenters. The topological polar surface area (TPSA) is 38.3 Å². The van der Waals surface area contributed by atoms with E-state index in [1.807, 2.05) is 19.9 Å². The van der Waals surface area contributed by atoms with Gasteiger partial charge in [0.25, 0.3) is 5.91 Å². The number of aryl methyl sites for hydroxylation is 1. The first-order chi connectivity index (χ1) is 9.99. The maximum Gasteiger partial charge on any atom is 0.387 e. The molecule has 0 aliphatic rings. The van der Waals surface area contributed by atoms with E-state index in [1.54, 1.807) is 24.3 Å². The molecule has 0 saturated carbocycles. The van der Waals surface area contributed by atoms with Gasteiger partial charge in [-0.15, -0.1) is 0 Å². The lowest BCUT2D eigenvalue weighted by Gasteiger charge is -2.13. The smallest absolute Gasteiger partial charge is 0.387 e. The molecular weight excluding hydrogens is 276 g/mol. The number of amides is 1. The number of carbonyl (C=O) groups excluding carboxylic acids is 1. The number of carbonyl (C=O) groups is 1. The number of hydrogen-bond acceptors (Lipinski definition) is 2. The third-order valence-electron chi connectivity index (χ3n) is 3.20. The van der Waals surface area contributed by atoms with Gasteiger partial charge in [0, 0.05) is 5.56 Å². The number of hydrogen-bond donors (Lipinski definition) is 1. The van der Waals surface area contributed by atoms with Gasteiger partial charge in [0.05, 0.1) is 5.69 Å². The van der Waals surface area contributed by atoms with Gasteiger partial charge in [0.15, 0.2) is 0 Å². The fraction of sp³-hybridized carbons (Fsp3) is 0.188. The fourth-order valence-electron chi connectivity index (χ4n) is 1.96. The van der Waals surface area contributed by atoms with Crippen LogP contribution in [0.4, 0.5) is 14.5 Å². The number of rotatable bonds is 4. The molecule has 0 unspecified atom stereocenters. The summed E-state index contributed by atoms with van der Waals surface area (Å²) in [6.07, 6.45) is 0. The summed E-state index contributed by atoms with van der Waals surface area (Å²) in [5.41, 5.74) is 2.55. The lowest BCUT2D eigenvalue weighted by molar-refractivity contribution is -0.0493. The number of alkyl halides is 2. The number of halogens is 2. The average molecular weight is 291 g/mol. The minimum absolute atomic E-state index is 0.0637. The molecule has 2 rings (SSSR count). The molecule has 0 bridgehead atoms. The normalized spacial score (nSPS) is 10.5. The molecule has 1 amide bonds. The van der Waals surface area contributed by atoms with Crippen molar-refractivity contribution in [3.8, 4) is 5.75 Å². The van der Waals surface area contributed by atoms with Crippen LogP contribution < -0.4 is 10.1 Å². The van der Waals surface area contributed by atoms with Crippen molar-refractivity contribution in [3.05, 3.63) is 59.2 Å². The first kappa shape index (κ1) is 15.0. The Kier molecular flexibility index (Phi) is 4.52. The summed E-state index contributed by atoms with van der Waals surface area (Å²) in [7, 11) is 0. The molecule has 21 heavy (non-hydrogen) atoms. The molecule has 0 heterocycles. The van der Waals surface area contributed by atoms with Gasteiger partial charge >= 0.3 is 6.61 Å². The fourth-order valence-corrected chi connectivity index (χ4v) is 1.96. The van der Waals surface area contributed by atoms with Crippen molar-refractivity contribution in [1.29, 1.82) is 0 Å². The van der Waals surface area contributed by atoms with E-state index >= 15 is 0 Å². The SMILES string of the molecule is Cc1cccc(C(=O)Nc2ccccc2OC(F)F)c1C. The van der Waals surface area contributed by atoms with Gasteiger partial charge in [0.2, 0.25) is 0 Å². The Balaban J connectivity index is 2.26. The number of ether oxygens (including phenoxy) is 1. The molecule has 0 fully saturated rings. The highest BCUT2D eigenvalue weighted by Crippen LogP contribution is 2.26. The largest absolute Gasteiger partial charge is 0.433 e. The van der Waals surface area contributed by atoms with Crippen molar-refractivity contribution >= 4 is 11.6 Å². The Morgan fingerprint density at radius 3 is 2.52 bits per heavy atom. The van der Waals surface area contributed by atoms with Crippen LogP contribution in [0.25, 0.3) is 0 Å². The van der Waals surface area contributed by atoms with E-state index in [2.05, 4.69) is 10.1 Å². The highest BCUT2D eigenvalue weighted by molar-refractivity contribution is 6.06. The average Bonchev–Trinajstić information content (AvgIpc) is 2.43. The van der Waals surface area contributed by atoms with E-state index in [0.717, 1.165) is 11.1 Å². The van der Waals surface area contributed by atoms with E-state index in [-0.39, 0.29) is 17.3 Å². The molecule has 110 valence electrons. The van der Waals surface area contributed by atoms with Gasteiger partial charge in [0.1, 0.15) is 5.75 Å². The Hall–Kier alpha value is -2.43. The van der Waals surface area contributed by atoms with Crippen LogP contribution in [0.3, 0.4) is 0 Å². The summed E-state index contributed by atoms with van der Waals surface area (Å²) in [5, 5.41) is 2.60. The first-order valence-electron chi connectivity index (χ1n) is 6.40. The molecule has 2 aromatic rings. The first-order valence-corrected chi connectivity index (χ1v) is 6.40. The van der Waals surface area contributed by atoms with Crippen molar-refractivity contribution in [1.82, 2.24) is 0 Å². The number of anilines is 1. The van der Waals surface area contributed by atoms with Crippen molar-refractivity contribution in [3.63, 3.8) is 0 Å². The third-order valence-corrected chi connectivity index (χ3v) is 3.20. The lowest BCUT2D eigenvalue weighted by atomic mass is 10.0. The minimum Gasteiger partial charge on any atom is -0.433 e. The second-order valence-corrected chi connectivity index (χ2v) is 4.58. The van der Waals surface area contributed by atoms with E-state index < -0.39 is 6.61 Å². The number of nitrogens with one attached hydrogen (secondary N) is 1. The van der Waals surface area contributed by atoms with Crippen molar-refractivity contribution in [2.75, 3.05) is 5.32 Å². The van der Waals surface area contributed by atoms with E-state index in [4.69, 9.17) is 0 Å². The van der Waals surface area contributed by atoms with Gasteiger partial charge < -0.3 is 10.1 Å². The summed E-state index contributed by atoms with van der Waals surface area (Å²) in [5.74, 6) is -0.423. The number of para-hydroxylation sites is 2. The Labute approximate surface area is 121 Å². The van der Waals surface area contributed by atoms with Crippen LogP contribution in [-0.2, 0) is 0 Å². The Bertz CT molecular complexity index is 656. The molecule has 0 radical (unpaired) electrons. The quantitative estimate of drug-likeness (QED) is 0.918. The van der Waals surface area contributed by atoms with Gasteiger partial charge in [-0.05, 0) is 43.2 Å². The van der Waals surface area contributed by atoms with E-state index in [0.29, 0.717) is 5.56 Å². The van der Waals surface area contributed by atoms with Crippen LogP contribution in [0.1, 0.15) is 21.5 Å². The molecule has 0 spiro atoms. The van der Waals surface area contributed by atoms with Gasteiger partial charge in [-0.3, -0.25) is 4.79 Å². The Morgan fingerprint density at radius 1 is 1.10 bits per heavy atom. The molecule has 0 aromatic heterocycles. The zero-order valence-corrected chi connectivity index (χ0v) is 11.7. The van der Waals surface area contributed by atoms with Crippen molar-refractivity contribution in [2.24, 2.45) is 0 Å². The molecule has 0 aliphatic carbocycles. The van der Waals surface area contributed by atoms with Crippen LogP contribution in [0.15, 0.2) is 42.5 Å². The monoisotopic (exact) mass is 291 g/mol. The third kappa shape index (κ3) is 3.56. The predicted octanol–water partition coefficient (Wildman–Crippen LogP) is 4.16. The van der Waals surface area contributed by atoms with Crippen LogP contribution >= 0.6 is 0 Å². The van der Waals surface area contributed by atoms with Gasteiger partial charge in [-0.25, -0.2) is 0 Å². The minimum atomic E-state index is -2.94. The predicted molar refractivity (Wildman–Crippen MR) is 76.9 cm³/mol. The summed E-state index contributed by atoms with van der Waals surface area (Å²) in [6, 6.07) is 11.5. The molecular formula is C16H15F2NO2. The van der Waals surface area contributed by atoms with Crippen LogP contribution in [-0.4, -0.2) is 12.5 Å². The second kappa shape index (κ2) is 6.35. The van der Waals surface area contributed by atoms with Crippen molar-refractivity contribution in [2.45, 2.75) is 20.5 Å². The van der Waals surface area contributed by atoms with Gasteiger partial charge in [-0.1, -0.05) is 24.3 Å². The van der Waals surface area contributed by atoms with Crippen LogP contribution in [0, 0.1) is 13.8 Å². The molecule has 2 aromatic carbocycles. The zero-order valence-electron chi connectivity index (χ0n) is 11.7. The lowest BCUT2D eigenvalue weighted by Crippen LogP contribution is -2.15. The summed E-state index contributed by atoms with van der Waals surface area (Å²) in [4.78, 5) is 12.3. The summed E-state index contributed by atoms with van der Waals surface area (Å²) >= 11 is 0. The maximum absolute atomic E-state index is 12.3. The number of benzene rings is 2. The van der Waals surface area contributed by atoms with E-state index in [1.165, 1.54) is 12.1 Å². The Morgan fingerprint density at radius 2 is 1.81 bits per heavy atom. The van der Waals surface area contributed by atoms with Crippen LogP contribution in [0.5, 0.6) is 5.75 Å².